The zero-order valence-electron chi connectivity index (χ0n) is 21.6. The van der Waals surface area contributed by atoms with Crippen LogP contribution in [-0.2, 0) is 17.8 Å². The van der Waals surface area contributed by atoms with E-state index in [1.54, 1.807) is 4.57 Å². The first-order valence-corrected chi connectivity index (χ1v) is 14.1. The van der Waals surface area contributed by atoms with Crippen LogP contribution in [0.25, 0.3) is 16.7 Å². The molecule has 4 aromatic rings. The average Bonchev–Trinajstić information content (AvgIpc) is 3.39. The van der Waals surface area contributed by atoms with E-state index in [2.05, 4.69) is 15.1 Å². The fourth-order valence-corrected chi connectivity index (χ4v) is 6.25. The highest BCUT2D eigenvalue weighted by Crippen LogP contribution is 2.23. The number of carbonyl (C=O) groups excluding carboxylic acids is 1. The number of para-hydroxylation sites is 1. The third-order valence-corrected chi connectivity index (χ3v) is 8.52. The molecule has 0 bridgehead atoms. The third-order valence-electron chi connectivity index (χ3n) is 8.15. The summed E-state index contributed by atoms with van der Waals surface area (Å²) in [5, 5.41) is 10.0. The number of benzene rings is 2. The van der Waals surface area contributed by atoms with Crippen LogP contribution < -0.4 is 5.56 Å². The second-order valence-corrected chi connectivity index (χ2v) is 10.9. The maximum atomic E-state index is 13.5. The first-order chi connectivity index (χ1) is 18.6. The zero-order chi connectivity index (χ0) is 26.1. The van der Waals surface area contributed by atoms with Gasteiger partial charge in [0.15, 0.2) is 0 Å². The van der Waals surface area contributed by atoms with E-state index in [1.807, 2.05) is 57.8 Å². The molecule has 0 aliphatic carbocycles. The summed E-state index contributed by atoms with van der Waals surface area (Å²) >= 11 is 6.41. The molecule has 38 heavy (non-hydrogen) atoms. The molecule has 4 heterocycles. The Balaban J connectivity index is 1.22. The highest BCUT2D eigenvalue weighted by atomic mass is 35.5. The predicted octanol–water partition coefficient (Wildman–Crippen LogP) is 4.16. The van der Waals surface area contributed by atoms with E-state index in [4.69, 9.17) is 11.6 Å². The van der Waals surface area contributed by atoms with Gasteiger partial charge in [0, 0.05) is 37.0 Å². The molecule has 0 unspecified atom stereocenters. The molecule has 0 N–H and O–H groups in total. The Morgan fingerprint density at radius 2 is 1.66 bits per heavy atom. The van der Waals surface area contributed by atoms with Crippen LogP contribution in [0.4, 0.5) is 0 Å². The van der Waals surface area contributed by atoms with Crippen LogP contribution in [0.1, 0.15) is 49.9 Å². The van der Waals surface area contributed by atoms with Crippen molar-refractivity contribution in [2.24, 2.45) is 0 Å². The van der Waals surface area contributed by atoms with Gasteiger partial charge in [-0.1, -0.05) is 48.4 Å². The summed E-state index contributed by atoms with van der Waals surface area (Å²) in [4.78, 5) is 31.3. The molecule has 198 valence electrons. The molecule has 2 aliphatic heterocycles. The highest BCUT2D eigenvalue weighted by molar-refractivity contribution is 6.31. The van der Waals surface area contributed by atoms with Crippen LogP contribution in [0.5, 0.6) is 0 Å². The lowest BCUT2D eigenvalue weighted by atomic mass is 9.99. The van der Waals surface area contributed by atoms with Gasteiger partial charge in [-0.15, -0.1) is 10.2 Å². The summed E-state index contributed by atoms with van der Waals surface area (Å²) in [5.74, 6) is 1.30. The van der Waals surface area contributed by atoms with E-state index >= 15 is 0 Å². The number of carbonyl (C=O) groups is 1. The Hall–Kier alpha value is -3.23. The molecule has 0 saturated carbocycles. The van der Waals surface area contributed by atoms with Crippen molar-refractivity contribution in [3.05, 3.63) is 75.3 Å². The minimum atomic E-state index is -0.139. The standard InChI is InChI=1S/C29H33ClN6O2/c30-24-10-4-2-8-21(24)20-35-28(38)23-9-3-5-11-25(23)36-26(31-32-29(35)36)12-13-27(37)34-18-14-22(15-19-34)33-16-6-1-7-17-33/h2-5,8-11,22H,1,6-7,12-20H2. The second-order valence-electron chi connectivity index (χ2n) is 10.5. The molecule has 0 spiro atoms. The predicted molar refractivity (Wildman–Crippen MR) is 149 cm³/mol. The maximum Gasteiger partial charge on any atom is 0.263 e. The number of nitrogens with zero attached hydrogens (tertiary/aromatic N) is 6. The van der Waals surface area contributed by atoms with E-state index in [1.165, 1.54) is 32.4 Å². The lowest BCUT2D eigenvalue weighted by Gasteiger charge is -2.40. The van der Waals surface area contributed by atoms with Gasteiger partial charge in [0.05, 0.1) is 17.4 Å². The largest absolute Gasteiger partial charge is 0.343 e. The number of fused-ring (bicyclic) bond motifs is 3. The fourth-order valence-electron chi connectivity index (χ4n) is 6.06. The van der Waals surface area contributed by atoms with Gasteiger partial charge in [0.25, 0.3) is 5.56 Å². The van der Waals surface area contributed by atoms with E-state index < -0.39 is 0 Å². The molecule has 2 fully saturated rings. The summed E-state index contributed by atoms with van der Waals surface area (Å²) in [6.07, 6.45) is 6.87. The summed E-state index contributed by atoms with van der Waals surface area (Å²) in [7, 11) is 0. The average molecular weight is 533 g/mol. The van der Waals surface area contributed by atoms with Crippen molar-refractivity contribution in [2.75, 3.05) is 26.2 Å². The van der Waals surface area contributed by atoms with Crippen molar-refractivity contribution in [1.29, 1.82) is 0 Å². The molecular formula is C29H33ClN6O2. The topological polar surface area (TPSA) is 75.7 Å². The Labute approximate surface area is 226 Å². The SMILES string of the molecule is O=C(CCc1nnc2n(Cc3ccccc3Cl)c(=O)c3ccccc3n12)N1CCC(N2CCCCC2)CC1. The molecule has 9 heteroatoms. The summed E-state index contributed by atoms with van der Waals surface area (Å²) in [6.45, 7) is 4.33. The molecule has 2 aliphatic rings. The lowest BCUT2D eigenvalue weighted by molar-refractivity contribution is -0.132. The Morgan fingerprint density at radius 3 is 2.45 bits per heavy atom. The molecule has 6 rings (SSSR count). The van der Waals surface area contributed by atoms with Crippen LogP contribution in [0, 0.1) is 0 Å². The van der Waals surface area contributed by atoms with Crippen molar-refractivity contribution in [2.45, 2.75) is 57.5 Å². The number of amides is 1. The molecule has 2 aromatic heterocycles. The third kappa shape index (κ3) is 4.83. The van der Waals surface area contributed by atoms with Crippen LogP contribution in [0.2, 0.25) is 5.02 Å². The van der Waals surface area contributed by atoms with E-state index in [0.717, 1.165) is 37.0 Å². The number of likely N-dealkylation sites (tertiary alicyclic amines) is 2. The fraction of sp³-hybridized carbons (Fsp3) is 0.448. The molecule has 0 atom stereocenters. The van der Waals surface area contributed by atoms with Gasteiger partial charge in [-0.25, -0.2) is 0 Å². The van der Waals surface area contributed by atoms with E-state index in [-0.39, 0.29) is 18.0 Å². The van der Waals surface area contributed by atoms with Gasteiger partial charge in [0.2, 0.25) is 11.7 Å². The van der Waals surface area contributed by atoms with Gasteiger partial charge in [-0.2, -0.15) is 0 Å². The number of rotatable bonds is 6. The maximum absolute atomic E-state index is 13.5. The van der Waals surface area contributed by atoms with Gasteiger partial charge >= 0.3 is 0 Å². The minimum Gasteiger partial charge on any atom is -0.343 e. The molecule has 1 amide bonds. The molecule has 0 radical (unpaired) electrons. The van der Waals surface area contributed by atoms with Crippen molar-refractivity contribution < 1.29 is 4.79 Å². The second kappa shape index (κ2) is 10.9. The van der Waals surface area contributed by atoms with Gasteiger partial charge in [-0.05, 0) is 62.5 Å². The number of halogens is 1. The van der Waals surface area contributed by atoms with Crippen molar-refractivity contribution in [3.8, 4) is 0 Å². The highest BCUT2D eigenvalue weighted by Gasteiger charge is 2.28. The number of piperidine rings is 2. The van der Waals surface area contributed by atoms with Crippen molar-refractivity contribution >= 4 is 34.2 Å². The Kier molecular flexibility index (Phi) is 7.17. The van der Waals surface area contributed by atoms with Crippen LogP contribution in [0.3, 0.4) is 0 Å². The summed E-state index contributed by atoms with van der Waals surface area (Å²) in [5.41, 5.74) is 1.44. The number of aryl methyl sites for hydroxylation is 1. The van der Waals surface area contributed by atoms with Crippen LogP contribution >= 0.6 is 11.6 Å². The number of aromatic nitrogens is 4. The van der Waals surface area contributed by atoms with Gasteiger partial charge < -0.3 is 9.80 Å². The molecule has 2 saturated heterocycles. The van der Waals surface area contributed by atoms with Crippen molar-refractivity contribution in [3.63, 3.8) is 0 Å². The summed E-state index contributed by atoms with van der Waals surface area (Å²) < 4.78 is 3.54. The normalized spacial score (nSPS) is 17.4. The lowest BCUT2D eigenvalue weighted by Crippen LogP contribution is -2.48. The van der Waals surface area contributed by atoms with Crippen LogP contribution in [-0.4, -0.2) is 67.1 Å². The van der Waals surface area contributed by atoms with Gasteiger partial charge in [-0.3, -0.25) is 18.6 Å². The monoisotopic (exact) mass is 532 g/mol. The molecule has 8 nitrogen and oxygen atoms in total. The van der Waals surface area contributed by atoms with Gasteiger partial charge in [0.1, 0.15) is 5.82 Å². The van der Waals surface area contributed by atoms with E-state index in [9.17, 15) is 9.59 Å². The number of hydrogen-bond donors (Lipinski definition) is 0. The smallest absolute Gasteiger partial charge is 0.263 e. The molecular weight excluding hydrogens is 500 g/mol. The zero-order valence-corrected chi connectivity index (χ0v) is 22.3. The first-order valence-electron chi connectivity index (χ1n) is 13.7. The Bertz CT molecular complexity index is 1510. The minimum absolute atomic E-state index is 0.139. The molecule has 2 aromatic carbocycles. The quantitative estimate of drug-likeness (QED) is 0.373. The first kappa shape index (κ1) is 25.1. The van der Waals surface area contributed by atoms with Crippen molar-refractivity contribution in [1.82, 2.24) is 29.0 Å². The summed E-state index contributed by atoms with van der Waals surface area (Å²) in [6, 6.07) is 15.6. The number of hydrogen-bond acceptors (Lipinski definition) is 5. The Morgan fingerprint density at radius 1 is 0.921 bits per heavy atom. The van der Waals surface area contributed by atoms with E-state index in [0.29, 0.717) is 40.9 Å². The van der Waals surface area contributed by atoms with Crippen LogP contribution in [0.15, 0.2) is 53.3 Å².